The fourth-order valence-electron chi connectivity index (χ4n) is 0.993. The second-order valence-electron chi connectivity index (χ2n) is 2.65. The van der Waals surface area contributed by atoms with Crippen molar-refractivity contribution in [3.05, 3.63) is 36.6 Å². The van der Waals surface area contributed by atoms with Gasteiger partial charge in [-0.25, -0.2) is 0 Å². The van der Waals surface area contributed by atoms with Crippen LogP contribution < -0.4 is 5.32 Å². The minimum absolute atomic E-state index is 0.0541. The second kappa shape index (κ2) is 5.61. The van der Waals surface area contributed by atoms with Gasteiger partial charge < -0.3 is 10.4 Å². The Labute approximate surface area is 74.3 Å². The molecule has 2 nitrogen and oxygen atoms in total. The molecular weight excluding hydrogens is 150 g/mol. The molecule has 0 rings (SSSR count). The van der Waals surface area contributed by atoms with Gasteiger partial charge in [-0.3, -0.25) is 0 Å². The topological polar surface area (TPSA) is 32.3 Å². The van der Waals surface area contributed by atoms with E-state index in [0.717, 1.165) is 11.3 Å². The molecule has 0 heterocycles. The van der Waals surface area contributed by atoms with Gasteiger partial charge in [0.25, 0.3) is 0 Å². The number of hydrogen-bond acceptors (Lipinski definition) is 2. The zero-order chi connectivity index (χ0) is 9.56. The van der Waals surface area contributed by atoms with Crippen LogP contribution in [0, 0.1) is 0 Å². The van der Waals surface area contributed by atoms with Gasteiger partial charge in [-0.05, 0) is 19.4 Å². The van der Waals surface area contributed by atoms with Crippen LogP contribution >= 0.6 is 0 Å². The van der Waals surface area contributed by atoms with Gasteiger partial charge in [-0.2, -0.15) is 0 Å². The highest BCUT2D eigenvalue weighted by Crippen LogP contribution is 2.04. The lowest BCUT2D eigenvalue weighted by Crippen LogP contribution is -2.32. The molecule has 0 aliphatic heterocycles. The van der Waals surface area contributed by atoms with Crippen LogP contribution in [0.3, 0.4) is 0 Å². The summed E-state index contributed by atoms with van der Waals surface area (Å²) in [4.78, 5) is 0. The Morgan fingerprint density at radius 3 is 2.50 bits per heavy atom. The molecule has 0 saturated heterocycles. The second-order valence-corrected chi connectivity index (χ2v) is 2.65. The molecule has 0 unspecified atom stereocenters. The lowest BCUT2D eigenvalue weighted by molar-refractivity contribution is 0.267. The number of hydrogen-bond donors (Lipinski definition) is 2. The van der Waals surface area contributed by atoms with E-state index in [1.54, 1.807) is 6.08 Å². The Hall–Kier alpha value is -1.02. The highest BCUT2D eigenvalue weighted by atomic mass is 16.3. The molecule has 0 bridgehead atoms. The van der Waals surface area contributed by atoms with Crippen LogP contribution in [0.15, 0.2) is 36.6 Å². The van der Waals surface area contributed by atoms with E-state index in [4.69, 9.17) is 5.11 Å². The van der Waals surface area contributed by atoms with Crippen molar-refractivity contribution in [2.75, 3.05) is 6.61 Å². The number of aliphatic hydroxyl groups is 1. The minimum Gasteiger partial charge on any atom is -0.394 e. The van der Waals surface area contributed by atoms with Crippen molar-refractivity contribution in [3.8, 4) is 0 Å². The Balaban J connectivity index is 4.32. The molecule has 12 heavy (non-hydrogen) atoms. The maximum absolute atomic E-state index is 9.02. The Morgan fingerprint density at radius 2 is 2.25 bits per heavy atom. The summed E-state index contributed by atoms with van der Waals surface area (Å²) >= 11 is 0. The van der Waals surface area contributed by atoms with E-state index < -0.39 is 0 Å². The molecule has 2 heteroatoms. The van der Waals surface area contributed by atoms with Crippen molar-refractivity contribution in [1.82, 2.24) is 5.32 Å². The van der Waals surface area contributed by atoms with Gasteiger partial charge in [0.2, 0.25) is 0 Å². The molecule has 0 aromatic rings. The number of allylic oxidation sites excluding steroid dienone is 2. The van der Waals surface area contributed by atoms with Crippen LogP contribution in [-0.2, 0) is 0 Å². The summed E-state index contributed by atoms with van der Waals surface area (Å²) in [6.07, 6.45) is 3.65. The first kappa shape index (κ1) is 11.0. The van der Waals surface area contributed by atoms with Crippen molar-refractivity contribution < 1.29 is 5.11 Å². The van der Waals surface area contributed by atoms with E-state index in [0.29, 0.717) is 0 Å². The van der Waals surface area contributed by atoms with E-state index >= 15 is 0 Å². The van der Waals surface area contributed by atoms with Crippen LogP contribution in [0.1, 0.15) is 13.8 Å². The van der Waals surface area contributed by atoms with Crippen molar-refractivity contribution in [1.29, 1.82) is 0 Å². The van der Waals surface area contributed by atoms with Crippen molar-refractivity contribution in [2.24, 2.45) is 0 Å². The molecular formula is C10H17NO. The highest BCUT2D eigenvalue weighted by molar-refractivity contribution is 5.23. The van der Waals surface area contributed by atoms with Gasteiger partial charge in [0, 0.05) is 5.70 Å². The van der Waals surface area contributed by atoms with Crippen molar-refractivity contribution >= 4 is 0 Å². The fourth-order valence-corrected chi connectivity index (χ4v) is 0.993. The molecule has 1 atom stereocenters. The van der Waals surface area contributed by atoms with Crippen LogP contribution in [0.25, 0.3) is 0 Å². The van der Waals surface area contributed by atoms with E-state index in [-0.39, 0.29) is 12.6 Å². The Kier molecular flexibility index (Phi) is 5.13. The Bertz CT molecular complexity index is 194. The van der Waals surface area contributed by atoms with Gasteiger partial charge in [0.1, 0.15) is 0 Å². The molecule has 0 aromatic carbocycles. The highest BCUT2D eigenvalue weighted by Gasteiger charge is 2.07. The average molecular weight is 167 g/mol. The van der Waals surface area contributed by atoms with E-state index in [1.807, 2.05) is 19.9 Å². The van der Waals surface area contributed by atoms with Gasteiger partial charge >= 0.3 is 0 Å². The van der Waals surface area contributed by atoms with Crippen LogP contribution in [-0.4, -0.2) is 17.8 Å². The summed E-state index contributed by atoms with van der Waals surface area (Å²) < 4.78 is 0. The van der Waals surface area contributed by atoms with Crippen molar-refractivity contribution in [2.45, 2.75) is 19.9 Å². The van der Waals surface area contributed by atoms with E-state index in [2.05, 4.69) is 18.5 Å². The Morgan fingerprint density at radius 1 is 1.67 bits per heavy atom. The van der Waals surface area contributed by atoms with Gasteiger partial charge in [0.05, 0.1) is 12.6 Å². The van der Waals surface area contributed by atoms with Gasteiger partial charge in [0.15, 0.2) is 0 Å². The lowest BCUT2D eigenvalue weighted by atomic mass is 10.1. The quantitative estimate of drug-likeness (QED) is 0.610. The maximum atomic E-state index is 9.02. The van der Waals surface area contributed by atoms with Gasteiger partial charge in [-0.1, -0.05) is 25.3 Å². The molecule has 2 N–H and O–H groups in total. The third-order valence-electron chi connectivity index (χ3n) is 1.57. The number of rotatable bonds is 5. The SMILES string of the molecule is C=C/C(=C\C)[C@@H](CO)NC(=C)C. The van der Waals surface area contributed by atoms with E-state index in [1.165, 1.54) is 0 Å². The molecule has 68 valence electrons. The third-order valence-corrected chi connectivity index (χ3v) is 1.57. The summed E-state index contributed by atoms with van der Waals surface area (Å²) in [7, 11) is 0. The van der Waals surface area contributed by atoms with Crippen LogP contribution in [0.5, 0.6) is 0 Å². The van der Waals surface area contributed by atoms with E-state index in [9.17, 15) is 0 Å². The van der Waals surface area contributed by atoms with Crippen molar-refractivity contribution in [3.63, 3.8) is 0 Å². The molecule has 0 radical (unpaired) electrons. The normalized spacial score (nSPS) is 13.8. The summed E-state index contributed by atoms with van der Waals surface area (Å²) in [6.45, 7) is 11.2. The zero-order valence-electron chi connectivity index (χ0n) is 7.80. The maximum Gasteiger partial charge on any atom is 0.0738 e. The molecule has 0 aromatic heterocycles. The lowest BCUT2D eigenvalue weighted by Gasteiger charge is -2.18. The first-order valence-corrected chi connectivity index (χ1v) is 3.97. The van der Waals surface area contributed by atoms with Crippen LogP contribution in [0.2, 0.25) is 0 Å². The molecule has 0 spiro atoms. The summed E-state index contributed by atoms with van der Waals surface area (Å²) in [6, 6.07) is -0.0787. The first-order valence-electron chi connectivity index (χ1n) is 3.97. The largest absolute Gasteiger partial charge is 0.394 e. The molecule has 0 aliphatic rings. The predicted octanol–water partition coefficient (Wildman–Crippen LogP) is 1.60. The zero-order valence-corrected chi connectivity index (χ0v) is 7.80. The predicted molar refractivity (Wildman–Crippen MR) is 52.8 cm³/mol. The molecule has 0 aliphatic carbocycles. The molecule has 0 amide bonds. The monoisotopic (exact) mass is 167 g/mol. The van der Waals surface area contributed by atoms with Gasteiger partial charge in [-0.15, -0.1) is 0 Å². The average Bonchev–Trinajstić information content (AvgIpc) is 2.04. The van der Waals surface area contributed by atoms with Crippen LogP contribution in [0.4, 0.5) is 0 Å². The molecule has 0 saturated carbocycles. The number of aliphatic hydroxyl groups excluding tert-OH is 1. The standard InChI is InChI=1S/C10H17NO/c1-5-9(6-2)10(7-12)11-8(3)4/h5-6,10-12H,1,3,7H2,2,4H3/b9-6+/t10-/m1/s1. The fraction of sp³-hybridized carbons (Fsp3) is 0.400. The number of nitrogens with one attached hydrogen (secondary N) is 1. The molecule has 0 fully saturated rings. The summed E-state index contributed by atoms with van der Waals surface area (Å²) in [5.41, 5.74) is 1.83. The first-order chi connectivity index (χ1) is 5.65. The summed E-state index contributed by atoms with van der Waals surface area (Å²) in [5, 5.41) is 12.1. The third kappa shape index (κ3) is 3.39. The smallest absolute Gasteiger partial charge is 0.0738 e. The minimum atomic E-state index is -0.0787. The summed E-state index contributed by atoms with van der Waals surface area (Å²) in [5.74, 6) is 0.